The van der Waals surface area contributed by atoms with Gasteiger partial charge in [-0.1, -0.05) is 25.1 Å². The van der Waals surface area contributed by atoms with Gasteiger partial charge in [0, 0.05) is 30.0 Å². The molecule has 4 rings (SSSR count). The molecule has 0 aromatic heterocycles. The number of amides is 1. The number of carbonyl (C=O) groups is 2. The van der Waals surface area contributed by atoms with Crippen molar-refractivity contribution in [1.82, 2.24) is 5.32 Å². The molecular weight excluding hydrogens is 418 g/mol. The van der Waals surface area contributed by atoms with Gasteiger partial charge in [0.25, 0.3) is 0 Å². The molecule has 6 nitrogen and oxygen atoms in total. The zero-order valence-electron chi connectivity index (χ0n) is 19.5. The summed E-state index contributed by atoms with van der Waals surface area (Å²) in [7, 11) is 1.60. The van der Waals surface area contributed by atoms with E-state index in [4.69, 9.17) is 14.2 Å². The van der Waals surface area contributed by atoms with Gasteiger partial charge in [0.2, 0.25) is 5.91 Å². The lowest BCUT2D eigenvalue weighted by Crippen LogP contribution is -2.38. The summed E-state index contributed by atoms with van der Waals surface area (Å²) in [5, 5.41) is 2.99. The van der Waals surface area contributed by atoms with E-state index in [0.29, 0.717) is 37.6 Å². The first-order valence-electron chi connectivity index (χ1n) is 11.6. The molecule has 2 atom stereocenters. The van der Waals surface area contributed by atoms with E-state index in [1.807, 2.05) is 56.3 Å². The van der Waals surface area contributed by atoms with Crippen LogP contribution in [-0.4, -0.2) is 32.0 Å². The molecule has 0 radical (unpaired) electrons. The predicted octanol–water partition coefficient (Wildman–Crippen LogP) is 4.89. The zero-order valence-corrected chi connectivity index (χ0v) is 19.5. The van der Waals surface area contributed by atoms with E-state index in [2.05, 4.69) is 5.32 Å². The summed E-state index contributed by atoms with van der Waals surface area (Å²) in [5.41, 5.74) is 3.44. The molecule has 0 saturated carbocycles. The summed E-state index contributed by atoms with van der Waals surface area (Å²) >= 11 is 0. The molecule has 2 aromatic rings. The fraction of sp³-hybridized carbons (Fsp3) is 0.407. The molecule has 1 aliphatic carbocycles. The van der Waals surface area contributed by atoms with Crippen molar-refractivity contribution >= 4 is 11.7 Å². The Kier molecular flexibility index (Phi) is 7.02. The minimum atomic E-state index is -0.281. The van der Waals surface area contributed by atoms with Crippen LogP contribution >= 0.6 is 0 Å². The maximum Gasteiger partial charge on any atom is 0.225 e. The van der Waals surface area contributed by atoms with Crippen LogP contribution in [0.15, 0.2) is 53.7 Å². The average molecular weight is 450 g/mol. The van der Waals surface area contributed by atoms with Crippen molar-refractivity contribution in [2.24, 2.45) is 0 Å². The smallest absolute Gasteiger partial charge is 0.225 e. The Hall–Kier alpha value is -3.28. The lowest BCUT2D eigenvalue weighted by molar-refractivity contribution is -0.122. The van der Waals surface area contributed by atoms with Crippen LogP contribution in [0.5, 0.6) is 17.2 Å². The van der Waals surface area contributed by atoms with Gasteiger partial charge in [-0.2, -0.15) is 0 Å². The van der Waals surface area contributed by atoms with Crippen LogP contribution in [-0.2, 0) is 9.59 Å². The van der Waals surface area contributed by atoms with Crippen molar-refractivity contribution in [2.45, 2.75) is 51.4 Å². The minimum Gasteiger partial charge on any atom is -0.494 e. The van der Waals surface area contributed by atoms with E-state index in [-0.39, 0.29) is 29.9 Å². The Morgan fingerprint density at radius 3 is 2.36 bits per heavy atom. The first kappa shape index (κ1) is 22.9. The van der Waals surface area contributed by atoms with Crippen LogP contribution in [0.2, 0.25) is 0 Å². The number of carbonyl (C=O) groups excluding carboxylic acids is 2. The van der Waals surface area contributed by atoms with E-state index >= 15 is 0 Å². The van der Waals surface area contributed by atoms with E-state index in [1.54, 1.807) is 7.11 Å². The number of hydrogen-bond acceptors (Lipinski definition) is 5. The van der Waals surface area contributed by atoms with Gasteiger partial charge in [0.1, 0.15) is 5.75 Å². The molecule has 0 spiro atoms. The second kappa shape index (κ2) is 10.1. The van der Waals surface area contributed by atoms with E-state index in [0.717, 1.165) is 34.6 Å². The summed E-state index contributed by atoms with van der Waals surface area (Å²) in [6.07, 6.45) is 2.20. The topological polar surface area (TPSA) is 73.9 Å². The highest BCUT2D eigenvalue weighted by Crippen LogP contribution is 2.44. The van der Waals surface area contributed by atoms with Crippen LogP contribution in [0.25, 0.3) is 0 Å². The number of rotatable bonds is 8. The largest absolute Gasteiger partial charge is 0.494 e. The third kappa shape index (κ3) is 4.90. The molecule has 0 fully saturated rings. The van der Waals surface area contributed by atoms with Crippen molar-refractivity contribution < 1.29 is 23.8 Å². The third-order valence-corrected chi connectivity index (χ3v) is 6.25. The monoisotopic (exact) mass is 449 g/mol. The number of allylic oxidation sites excluding steroid dienone is 2. The Labute approximate surface area is 194 Å². The van der Waals surface area contributed by atoms with Crippen molar-refractivity contribution in [3.63, 3.8) is 0 Å². The first-order valence-corrected chi connectivity index (χ1v) is 11.6. The summed E-state index contributed by atoms with van der Waals surface area (Å²) in [6, 6.07) is 13.6. The van der Waals surface area contributed by atoms with E-state index < -0.39 is 0 Å². The second-order valence-electron chi connectivity index (χ2n) is 8.49. The number of methoxy groups -OCH3 is 1. The molecule has 2 aliphatic rings. The molecular formula is C27H31NO5. The predicted molar refractivity (Wildman–Crippen MR) is 126 cm³/mol. The lowest BCUT2D eigenvalue weighted by Gasteiger charge is -2.34. The molecule has 2 unspecified atom stereocenters. The Balaban J connectivity index is 1.62. The van der Waals surface area contributed by atoms with Gasteiger partial charge in [0.15, 0.2) is 17.3 Å². The minimum absolute atomic E-state index is 0.0327. The van der Waals surface area contributed by atoms with E-state index in [1.165, 1.54) is 0 Å². The molecule has 6 heteroatoms. The second-order valence-corrected chi connectivity index (χ2v) is 8.49. The van der Waals surface area contributed by atoms with E-state index in [9.17, 15) is 9.59 Å². The van der Waals surface area contributed by atoms with Gasteiger partial charge >= 0.3 is 0 Å². The molecule has 33 heavy (non-hydrogen) atoms. The van der Waals surface area contributed by atoms with Gasteiger partial charge < -0.3 is 19.5 Å². The lowest BCUT2D eigenvalue weighted by atomic mass is 9.73. The quantitative estimate of drug-likeness (QED) is 0.621. The van der Waals surface area contributed by atoms with Crippen LogP contribution in [0, 0.1) is 0 Å². The Bertz CT molecular complexity index is 1060. The van der Waals surface area contributed by atoms with Crippen molar-refractivity contribution in [1.29, 1.82) is 0 Å². The Morgan fingerprint density at radius 1 is 0.909 bits per heavy atom. The number of nitrogens with one attached hydrogen (secondary N) is 1. The normalized spacial score (nSPS) is 20.2. The molecule has 2 aromatic carbocycles. The standard InChI is InChI=1S/C27H31NO5/c1-4-12-33-24-11-8-18(15-25(24)31-3)21-16-26(30)28-22-13-19(14-23(29)27(21)22)17-6-9-20(10-7-17)32-5-2/h6-11,15,19,21H,4-5,12-14,16H2,1-3H3,(H,28,30). The fourth-order valence-electron chi connectivity index (χ4n) is 4.72. The molecule has 174 valence electrons. The number of Topliss-reactive ketones (excluding diaryl/α,β-unsaturated/α-hetero) is 1. The van der Waals surface area contributed by atoms with Crippen molar-refractivity contribution in [3.8, 4) is 17.2 Å². The number of benzene rings is 2. The van der Waals surface area contributed by atoms with Crippen LogP contribution in [0.3, 0.4) is 0 Å². The average Bonchev–Trinajstić information content (AvgIpc) is 2.82. The maximum atomic E-state index is 13.3. The Morgan fingerprint density at radius 2 is 1.67 bits per heavy atom. The zero-order chi connectivity index (χ0) is 23.4. The first-order chi connectivity index (χ1) is 16.0. The molecule has 1 heterocycles. The van der Waals surface area contributed by atoms with Gasteiger partial charge in [0.05, 0.1) is 20.3 Å². The van der Waals surface area contributed by atoms with Crippen LogP contribution in [0.1, 0.15) is 62.5 Å². The summed E-state index contributed by atoms with van der Waals surface area (Å²) in [6.45, 7) is 5.21. The molecule has 0 saturated heterocycles. The molecule has 1 N–H and O–H groups in total. The molecule has 0 bridgehead atoms. The SMILES string of the molecule is CCCOc1ccc(C2CC(=O)NC3=C2C(=O)CC(c2ccc(OCC)cc2)C3)cc1OC. The van der Waals surface area contributed by atoms with Gasteiger partial charge in [-0.15, -0.1) is 0 Å². The number of ether oxygens (including phenoxy) is 3. The highest BCUT2D eigenvalue weighted by Gasteiger charge is 2.38. The maximum absolute atomic E-state index is 13.3. The van der Waals surface area contributed by atoms with Gasteiger partial charge in [-0.3, -0.25) is 9.59 Å². The van der Waals surface area contributed by atoms with Crippen LogP contribution < -0.4 is 19.5 Å². The fourth-order valence-corrected chi connectivity index (χ4v) is 4.72. The highest BCUT2D eigenvalue weighted by atomic mass is 16.5. The van der Waals surface area contributed by atoms with Gasteiger partial charge in [-0.25, -0.2) is 0 Å². The summed E-state index contributed by atoms with van der Waals surface area (Å²) in [4.78, 5) is 25.9. The van der Waals surface area contributed by atoms with Crippen LogP contribution in [0.4, 0.5) is 0 Å². The number of hydrogen-bond donors (Lipinski definition) is 1. The van der Waals surface area contributed by atoms with Crippen molar-refractivity contribution in [2.75, 3.05) is 20.3 Å². The molecule has 1 aliphatic heterocycles. The molecule has 1 amide bonds. The third-order valence-electron chi connectivity index (χ3n) is 6.25. The summed E-state index contributed by atoms with van der Waals surface area (Å²) < 4.78 is 16.8. The van der Waals surface area contributed by atoms with Crippen molar-refractivity contribution in [3.05, 3.63) is 64.9 Å². The highest BCUT2D eigenvalue weighted by molar-refractivity contribution is 6.02. The number of ketones is 1. The summed E-state index contributed by atoms with van der Waals surface area (Å²) in [5.74, 6) is 1.87. The van der Waals surface area contributed by atoms with Gasteiger partial charge in [-0.05, 0) is 61.1 Å².